The lowest BCUT2D eigenvalue weighted by molar-refractivity contribution is 0.573. The van der Waals surface area contributed by atoms with Gasteiger partial charge >= 0.3 is 5.63 Å². The molecule has 0 saturated heterocycles. The molecule has 0 unspecified atom stereocenters. The van der Waals surface area contributed by atoms with Gasteiger partial charge in [-0.05, 0) is 29.0 Å². The lowest BCUT2D eigenvalue weighted by atomic mass is 10.0. The zero-order valence-electron chi connectivity index (χ0n) is 10.8. The second-order valence-corrected chi connectivity index (χ2v) is 6.80. The highest BCUT2D eigenvalue weighted by molar-refractivity contribution is 7.20. The highest BCUT2D eigenvalue weighted by atomic mass is 32.1. The van der Waals surface area contributed by atoms with E-state index in [2.05, 4.69) is 22.9 Å². The van der Waals surface area contributed by atoms with Crippen LogP contribution in [0.15, 0.2) is 56.4 Å². The van der Waals surface area contributed by atoms with E-state index in [9.17, 15) is 4.79 Å². The third-order valence-corrected chi connectivity index (χ3v) is 5.74. The molecule has 2 nitrogen and oxygen atoms in total. The molecule has 0 bridgehead atoms. The van der Waals surface area contributed by atoms with Crippen molar-refractivity contribution in [3.05, 3.63) is 57.6 Å². The Labute approximate surface area is 126 Å². The highest BCUT2D eigenvalue weighted by Crippen LogP contribution is 2.42. The van der Waals surface area contributed by atoms with Gasteiger partial charge in [0.15, 0.2) is 5.58 Å². The summed E-state index contributed by atoms with van der Waals surface area (Å²) >= 11 is 3.32. The summed E-state index contributed by atoms with van der Waals surface area (Å²) in [6.07, 6.45) is 0. The van der Waals surface area contributed by atoms with Gasteiger partial charge in [-0.3, -0.25) is 0 Å². The number of benzene rings is 2. The first kappa shape index (κ1) is 11.5. The van der Waals surface area contributed by atoms with Gasteiger partial charge in [0.1, 0.15) is 0 Å². The smallest absolute Gasteiger partial charge is 0.344 e. The van der Waals surface area contributed by atoms with Gasteiger partial charge in [-0.25, -0.2) is 4.79 Å². The minimum Gasteiger partial charge on any atom is -0.421 e. The van der Waals surface area contributed by atoms with Crippen LogP contribution >= 0.6 is 22.7 Å². The first-order valence-corrected chi connectivity index (χ1v) is 8.32. The van der Waals surface area contributed by atoms with Gasteiger partial charge in [-0.2, -0.15) is 0 Å². The Morgan fingerprint density at radius 3 is 2.24 bits per heavy atom. The molecule has 0 amide bonds. The Hall–Kier alpha value is -2.17. The molecule has 100 valence electrons. The molecule has 3 heterocycles. The van der Waals surface area contributed by atoms with E-state index in [-0.39, 0.29) is 5.63 Å². The molecule has 0 radical (unpaired) electrons. The van der Waals surface area contributed by atoms with Gasteiger partial charge in [0.25, 0.3) is 0 Å². The number of hydrogen-bond donors (Lipinski definition) is 0. The predicted molar refractivity (Wildman–Crippen MR) is 90.8 cm³/mol. The van der Waals surface area contributed by atoms with E-state index >= 15 is 0 Å². The molecule has 5 rings (SSSR count). The molecule has 0 aliphatic carbocycles. The molecule has 0 aliphatic heterocycles. The molecule has 0 aliphatic rings. The molecule has 3 aromatic heterocycles. The Kier molecular flexibility index (Phi) is 2.15. The minimum absolute atomic E-state index is 0.260. The number of hydrogen-bond acceptors (Lipinski definition) is 4. The average molecular weight is 308 g/mol. The van der Waals surface area contributed by atoms with E-state index in [1.54, 1.807) is 22.7 Å². The first-order chi connectivity index (χ1) is 10.3. The second kappa shape index (κ2) is 3.93. The summed E-state index contributed by atoms with van der Waals surface area (Å²) in [4.78, 5) is 12.3. The van der Waals surface area contributed by atoms with Crippen LogP contribution in [0.1, 0.15) is 0 Å². The predicted octanol–water partition coefficient (Wildman–Crippen LogP) is 5.38. The van der Waals surface area contributed by atoms with Crippen molar-refractivity contribution in [1.29, 1.82) is 0 Å². The molecule has 4 heteroatoms. The zero-order valence-corrected chi connectivity index (χ0v) is 12.4. The molecular weight excluding hydrogens is 300 g/mol. The van der Waals surface area contributed by atoms with Gasteiger partial charge in [-0.1, -0.05) is 18.2 Å². The van der Waals surface area contributed by atoms with Crippen LogP contribution < -0.4 is 5.63 Å². The summed E-state index contributed by atoms with van der Waals surface area (Å²) in [7, 11) is 0. The fourth-order valence-electron chi connectivity index (χ4n) is 3.00. The number of rotatable bonds is 0. The summed E-state index contributed by atoms with van der Waals surface area (Å²) in [5.74, 6) is 0. The van der Waals surface area contributed by atoms with Crippen LogP contribution in [0.3, 0.4) is 0 Å². The van der Waals surface area contributed by atoms with Gasteiger partial charge in [0.05, 0.1) is 10.1 Å². The van der Waals surface area contributed by atoms with E-state index < -0.39 is 0 Å². The standard InChI is InChI=1S/C17H8O2S2/c18-17-12-4-2-1-3-9(12)13-14(19-17)16-11(6-8-21-16)10-5-7-20-15(10)13/h1-8H. The summed E-state index contributed by atoms with van der Waals surface area (Å²) in [5.41, 5.74) is 0.461. The van der Waals surface area contributed by atoms with Crippen molar-refractivity contribution in [3.63, 3.8) is 0 Å². The van der Waals surface area contributed by atoms with Crippen LogP contribution in [0.2, 0.25) is 0 Å². The topological polar surface area (TPSA) is 30.2 Å². The molecule has 0 atom stereocenters. The van der Waals surface area contributed by atoms with Gasteiger partial charge in [0.2, 0.25) is 0 Å². The monoisotopic (exact) mass is 308 g/mol. The SMILES string of the molecule is O=c1oc2c3sccc3c3ccsc3c2c2ccccc12. The van der Waals surface area contributed by atoms with Crippen LogP contribution in [0.5, 0.6) is 0 Å². The Morgan fingerprint density at radius 2 is 1.43 bits per heavy atom. The Bertz CT molecular complexity index is 1210. The third-order valence-electron chi connectivity index (χ3n) is 3.89. The van der Waals surface area contributed by atoms with E-state index in [1.807, 2.05) is 24.3 Å². The molecular formula is C17H8O2S2. The number of thiophene rings is 2. The molecule has 21 heavy (non-hydrogen) atoms. The van der Waals surface area contributed by atoms with Crippen molar-refractivity contribution >= 4 is 64.6 Å². The summed E-state index contributed by atoms with van der Waals surface area (Å²) in [6, 6.07) is 11.9. The van der Waals surface area contributed by atoms with E-state index in [4.69, 9.17) is 4.42 Å². The average Bonchev–Trinajstić information content (AvgIpc) is 3.16. The van der Waals surface area contributed by atoms with Crippen LogP contribution in [0.25, 0.3) is 41.9 Å². The maximum atomic E-state index is 12.3. The largest absolute Gasteiger partial charge is 0.421 e. The minimum atomic E-state index is -0.260. The van der Waals surface area contributed by atoms with Crippen molar-refractivity contribution in [2.24, 2.45) is 0 Å². The van der Waals surface area contributed by atoms with Crippen LogP contribution in [0, 0.1) is 0 Å². The quantitative estimate of drug-likeness (QED) is 0.284. The van der Waals surface area contributed by atoms with Crippen molar-refractivity contribution < 1.29 is 4.42 Å². The van der Waals surface area contributed by atoms with Crippen LogP contribution in [-0.2, 0) is 0 Å². The van der Waals surface area contributed by atoms with Gasteiger partial charge < -0.3 is 4.42 Å². The first-order valence-electron chi connectivity index (χ1n) is 6.56. The second-order valence-electron chi connectivity index (χ2n) is 4.97. The Morgan fingerprint density at radius 1 is 0.762 bits per heavy atom. The van der Waals surface area contributed by atoms with Crippen molar-refractivity contribution in [1.82, 2.24) is 0 Å². The van der Waals surface area contributed by atoms with Crippen molar-refractivity contribution in [3.8, 4) is 0 Å². The van der Waals surface area contributed by atoms with Crippen LogP contribution in [0.4, 0.5) is 0 Å². The van der Waals surface area contributed by atoms with E-state index in [1.165, 1.54) is 15.5 Å². The molecule has 5 aromatic rings. The fraction of sp³-hybridized carbons (Fsp3) is 0. The maximum absolute atomic E-state index is 12.3. The third kappa shape index (κ3) is 1.38. The lowest BCUT2D eigenvalue weighted by Crippen LogP contribution is -1.99. The zero-order chi connectivity index (χ0) is 14.0. The molecule has 0 N–H and O–H groups in total. The summed E-state index contributed by atoms with van der Waals surface area (Å²) < 4.78 is 7.93. The Balaban J connectivity index is 2.30. The molecule has 0 fully saturated rings. The number of fused-ring (bicyclic) bond motifs is 8. The van der Waals surface area contributed by atoms with E-state index in [0.717, 1.165) is 21.1 Å². The summed E-state index contributed by atoms with van der Waals surface area (Å²) in [6.45, 7) is 0. The molecule has 0 spiro atoms. The van der Waals surface area contributed by atoms with Gasteiger partial charge in [0, 0.05) is 26.2 Å². The van der Waals surface area contributed by atoms with Crippen molar-refractivity contribution in [2.45, 2.75) is 0 Å². The normalized spacial score (nSPS) is 12.0. The summed E-state index contributed by atoms with van der Waals surface area (Å²) in [5, 5.41) is 9.24. The van der Waals surface area contributed by atoms with Crippen molar-refractivity contribution in [2.75, 3.05) is 0 Å². The van der Waals surface area contributed by atoms with Crippen LogP contribution in [-0.4, -0.2) is 0 Å². The molecule has 2 aromatic carbocycles. The highest BCUT2D eigenvalue weighted by Gasteiger charge is 2.16. The van der Waals surface area contributed by atoms with Gasteiger partial charge in [-0.15, -0.1) is 22.7 Å². The van der Waals surface area contributed by atoms with E-state index in [0.29, 0.717) is 5.39 Å². The molecule has 0 saturated carbocycles. The maximum Gasteiger partial charge on any atom is 0.344 e. The fourth-order valence-corrected chi connectivity index (χ4v) is 4.86. The lowest BCUT2D eigenvalue weighted by Gasteiger charge is -2.05.